The number of rotatable bonds is 4. The summed E-state index contributed by atoms with van der Waals surface area (Å²) >= 11 is 0. The fraction of sp³-hybridized carbons (Fsp3) is 0.353. The smallest absolute Gasteiger partial charge is 0.245 e. The van der Waals surface area contributed by atoms with Gasteiger partial charge in [-0.15, -0.1) is 5.10 Å². The first-order valence-electron chi connectivity index (χ1n) is 7.97. The molecule has 1 aromatic carbocycles. The Morgan fingerprint density at radius 2 is 1.96 bits per heavy atom. The standard InChI is InChI=1S/C17H19N5O2S/c1-21(2)17-10-9-14(19-20-17)15-7-5-11-22(15)25(23,24)16-8-4-3-6-13(16)12-18/h3-4,6,8-10,15H,5,7,11H2,1-2H3. The van der Waals surface area contributed by atoms with E-state index in [2.05, 4.69) is 10.2 Å². The van der Waals surface area contributed by atoms with Crippen molar-refractivity contribution in [3.8, 4) is 6.07 Å². The molecule has 1 aliphatic rings. The van der Waals surface area contributed by atoms with E-state index in [0.29, 0.717) is 24.5 Å². The minimum atomic E-state index is -3.77. The Morgan fingerprint density at radius 3 is 2.60 bits per heavy atom. The highest BCUT2D eigenvalue weighted by molar-refractivity contribution is 7.89. The molecule has 1 aromatic heterocycles. The van der Waals surface area contributed by atoms with E-state index in [1.54, 1.807) is 12.1 Å². The molecule has 0 saturated carbocycles. The summed E-state index contributed by atoms with van der Waals surface area (Å²) in [6.07, 6.45) is 1.43. The van der Waals surface area contributed by atoms with Gasteiger partial charge in [-0.1, -0.05) is 12.1 Å². The molecule has 0 bridgehead atoms. The number of anilines is 1. The number of benzene rings is 1. The van der Waals surface area contributed by atoms with Gasteiger partial charge in [-0.05, 0) is 37.1 Å². The summed E-state index contributed by atoms with van der Waals surface area (Å²) in [4.78, 5) is 1.88. The first-order chi connectivity index (χ1) is 11.9. The molecule has 0 aliphatic carbocycles. The maximum Gasteiger partial charge on any atom is 0.245 e. The van der Waals surface area contributed by atoms with Crippen molar-refractivity contribution in [2.24, 2.45) is 0 Å². The normalized spacial score (nSPS) is 18.0. The summed E-state index contributed by atoms with van der Waals surface area (Å²) in [5.41, 5.74) is 0.781. The van der Waals surface area contributed by atoms with Crippen LogP contribution in [0.25, 0.3) is 0 Å². The molecule has 3 rings (SSSR count). The average molecular weight is 357 g/mol. The Kier molecular flexibility index (Phi) is 4.70. The summed E-state index contributed by atoms with van der Waals surface area (Å²) in [7, 11) is -0.0328. The predicted molar refractivity (Wildman–Crippen MR) is 93.4 cm³/mol. The zero-order valence-electron chi connectivity index (χ0n) is 14.1. The Labute approximate surface area is 147 Å². The van der Waals surface area contributed by atoms with E-state index >= 15 is 0 Å². The Morgan fingerprint density at radius 1 is 1.20 bits per heavy atom. The topological polar surface area (TPSA) is 90.2 Å². The van der Waals surface area contributed by atoms with Gasteiger partial charge < -0.3 is 4.90 Å². The lowest BCUT2D eigenvalue weighted by molar-refractivity contribution is 0.388. The molecule has 0 N–H and O–H groups in total. The van der Waals surface area contributed by atoms with Crippen molar-refractivity contribution in [1.82, 2.24) is 14.5 Å². The molecule has 7 nitrogen and oxygen atoms in total. The van der Waals surface area contributed by atoms with Crippen LogP contribution in [-0.4, -0.2) is 43.6 Å². The molecule has 8 heteroatoms. The molecule has 2 aromatic rings. The van der Waals surface area contributed by atoms with Crippen molar-refractivity contribution in [2.45, 2.75) is 23.8 Å². The first kappa shape index (κ1) is 17.3. The lowest BCUT2D eigenvalue weighted by Crippen LogP contribution is -2.31. The second-order valence-corrected chi connectivity index (χ2v) is 7.95. The Bertz CT molecular complexity index is 903. The van der Waals surface area contributed by atoms with Crippen LogP contribution in [0.5, 0.6) is 0 Å². The third kappa shape index (κ3) is 3.21. The van der Waals surface area contributed by atoms with Gasteiger partial charge in [0.15, 0.2) is 5.82 Å². The highest BCUT2D eigenvalue weighted by atomic mass is 32.2. The molecule has 25 heavy (non-hydrogen) atoms. The summed E-state index contributed by atoms with van der Waals surface area (Å²) < 4.78 is 27.6. The summed E-state index contributed by atoms with van der Waals surface area (Å²) in [5.74, 6) is 0.714. The van der Waals surface area contributed by atoms with E-state index in [1.165, 1.54) is 16.4 Å². The van der Waals surface area contributed by atoms with Crippen LogP contribution in [0.4, 0.5) is 5.82 Å². The molecule has 1 saturated heterocycles. The van der Waals surface area contributed by atoms with Crippen molar-refractivity contribution in [3.05, 3.63) is 47.7 Å². The van der Waals surface area contributed by atoms with E-state index in [-0.39, 0.29) is 16.5 Å². The van der Waals surface area contributed by atoms with Crippen LogP contribution >= 0.6 is 0 Å². The van der Waals surface area contributed by atoms with Crippen LogP contribution in [0.3, 0.4) is 0 Å². The van der Waals surface area contributed by atoms with Crippen LogP contribution in [-0.2, 0) is 10.0 Å². The molecule has 2 heterocycles. The number of aromatic nitrogens is 2. The second kappa shape index (κ2) is 6.78. The van der Waals surface area contributed by atoms with Crippen molar-refractivity contribution in [1.29, 1.82) is 5.26 Å². The predicted octanol–water partition coefficient (Wildman–Crippen LogP) is 1.94. The zero-order chi connectivity index (χ0) is 18.0. The molecule has 1 atom stereocenters. The molecule has 1 unspecified atom stereocenters. The van der Waals surface area contributed by atoms with Gasteiger partial charge in [-0.2, -0.15) is 14.7 Å². The SMILES string of the molecule is CN(C)c1ccc(C2CCCN2S(=O)(=O)c2ccccc2C#N)nn1. The molecule has 1 fully saturated rings. The number of hydrogen-bond donors (Lipinski definition) is 0. The fourth-order valence-electron chi connectivity index (χ4n) is 2.99. The Balaban J connectivity index is 1.97. The molecule has 0 amide bonds. The van der Waals surface area contributed by atoms with E-state index in [0.717, 1.165) is 6.42 Å². The van der Waals surface area contributed by atoms with Crippen LogP contribution in [0.2, 0.25) is 0 Å². The molecular weight excluding hydrogens is 338 g/mol. The van der Waals surface area contributed by atoms with Crippen molar-refractivity contribution < 1.29 is 8.42 Å². The van der Waals surface area contributed by atoms with Crippen molar-refractivity contribution in [2.75, 3.05) is 25.5 Å². The second-order valence-electron chi connectivity index (χ2n) is 6.09. The van der Waals surface area contributed by atoms with E-state index < -0.39 is 10.0 Å². The first-order valence-corrected chi connectivity index (χ1v) is 9.41. The lowest BCUT2D eigenvalue weighted by Gasteiger charge is -2.24. The highest BCUT2D eigenvalue weighted by Crippen LogP contribution is 2.36. The summed E-state index contributed by atoms with van der Waals surface area (Å²) in [5, 5.41) is 17.6. The van der Waals surface area contributed by atoms with E-state index in [4.69, 9.17) is 0 Å². The molecule has 130 valence electrons. The summed E-state index contributed by atoms with van der Waals surface area (Å²) in [6.45, 7) is 0.407. The van der Waals surface area contributed by atoms with Gasteiger partial charge in [-0.3, -0.25) is 0 Å². The number of sulfonamides is 1. The molecule has 0 radical (unpaired) electrons. The van der Waals surface area contributed by atoms with Gasteiger partial charge >= 0.3 is 0 Å². The molecule has 0 spiro atoms. The average Bonchev–Trinajstić information content (AvgIpc) is 3.12. The maximum atomic E-state index is 13.1. The van der Waals surface area contributed by atoms with E-state index in [1.807, 2.05) is 37.2 Å². The third-order valence-electron chi connectivity index (χ3n) is 4.27. The maximum absolute atomic E-state index is 13.1. The molecule has 1 aliphatic heterocycles. The van der Waals surface area contributed by atoms with Crippen LogP contribution in [0.15, 0.2) is 41.3 Å². The third-order valence-corrected chi connectivity index (χ3v) is 6.23. The molecular formula is C17H19N5O2S. The van der Waals surface area contributed by atoms with Crippen molar-refractivity contribution >= 4 is 15.8 Å². The number of nitrogens with zero attached hydrogens (tertiary/aromatic N) is 5. The largest absolute Gasteiger partial charge is 0.361 e. The number of nitriles is 1. The number of hydrogen-bond acceptors (Lipinski definition) is 6. The van der Waals surface area contributed by atoms with Gasteiger partial charge in [0, 0.05) is 20.6 Å². The van der Waals surface area contributed by atoms with Crippen LogP contribution in [0, 0.1) is 11.3 Å². The Hall–Kier alpha value is -2.50. The lowest BCUT2D eigenvalue weighted by atomic mass is 10.1. The van der Waals surface area contributed by atoms with Gasteiger partial charge in [0.05, 0.1) is 22.2 Å². The monoisotopic (exact) mass is 357 g/mol. The minimum absolute atomic E-state index is 0.0438. The van der Waals surface area contributed by atoms with Crippen LogP contribution in [0.1, 0.15) is 30.1 Å². The van der Waals surface area contributed by atoms with Gasteiger partial charge in [-0.25, -0.2) is 8.42 Å². The minimum Gasteiger partial charge on any atom is -0.361 e. The quantitative estimate of drug-likeness (QED) is 0.831. The van der Waals surface area contributed by atoms with Crippen molar-refractivity contribution in [3.63, 3.8) is 0 Å². The van der Waals surface area contributed by atoms with Gasteiger partial charge in [0.1, 0.15) is 6.07 Å². The van der Waals surface area contributed by atoms with E-state index in [9.17, 15) is 13.7 Å². The summed E-state index contributed by atoms with van der Waals surface area (Å²) in [6, 6.07) is 11.5. The van der Waals surface area contributed by atoms with Crippen LogP contribution < -0.4 is 4.90 Å². The van der Waals surface area contributed by atoms with Gasteiger partial charge in [0.2, 0.25) is 10.0 Å². The zero-order valence-corrected chi connectivity index (χ0v) is 14.9. The van der Waals surface area contributed by atoms with Gasteiger partial charge in [0.25, 0.3) is 0 Å². The fourth-order valence-corrected chi connectivity index (χ4v) is 4.80. The highest BCUT2D eigenvalue weighted by Gasteiger charge is 2.38.